The van der Waals surface area contributed by atoms with E-state index < -0.39 is 5.82 Å². The quantitative estimate of drug-likeness (QED) is 0.896. The summed E-state index contributed by atoms with van der Waals surface area (Å²) in [5, 5.41) is 20.9. The Labute approximate surface area is 129 Å². The van der Waals surface area contributed by atoms with Gasteiger partial charge in [-0.3, -0.25) is 0 Å². The van der Waals surface area contributed by atoms with Gasteiger partial charge in [0.05, 0.1) is 17.7 Å². The summed E-state index contributed by atoms with van der Waals surface area (Å²) >= 11 is 0. The third kappa shape index (κ3) is 3.95. The van der Waals surface area contributed by atoms with Crippen molar-refractivity contribution < 1.29 is 14.3 Å². The van der Waals surface area contributed by atoms with E-state index in [2.05, 4.69) is 5.32 Å². The third-order valence-electron chi connectivity index (χ3n) is 4.12. The minimum Gasteiger partial charge on any atom is -0.393 e. The number of hydrogen-bond acceptors (Lipinski definition) is 3. The number of nitrogens with zero attached hydrogens (tertiary/aromatic N) is 2. The molecule has 0 radical (unpaired) electrons. The van der Waals surface area contributed by atoms with Crippen LogP contribution in [0.5, 0.6) is 0 Å². The Morgan fingerprint density at radius 2 is 2.23 bits per heavy atom. The summed E-state index contributed by atoms with van der Waals surface area (Å²) in [6.45, 7) is 3.05. The number of carbonyl (C=O) groups is 1. The molecular formula is C16H20FN3O2. The maximum atomic E-state index is 13.7. The van der Waals surface area contributed by atoms with Gasteiger partial charge < -0.3 is 15.3 Å². The number of halogens is 1. The molecule has 2 rings (SSSR count). The average molecular weight is 305 g/mol. The molecule has 6 heteroatoms. The van der Waals surface area contributed by atoms with Gasteiger partial charge in [0, 0.05) is 25.2 Å². The zero-order valence-electron chi connectivity index (χ0n) is 12.6. The number of carbonyl (C=O) groups excluding carboxylic acids is 1. The first-order chi connectivity index (χ1) is 10.5. The summed E-state index contributed by atoms with van der Waals surface area (Å²) in [6, 6.07) is 5.84. The second-order valence-electron chi connectivity index (χ2n) is 5.64. The second kappa shape index (κ2) is 7.23. The van der Waals surface area contributed by atoms with E-state index in [9.17, 15) is 14.3 Å². The lowest BCUT2D eigenvalue weighted by Crippen LogP contribution is -2.45. The first kappa shape index (κ1) is 16.2. The highest BCUT2D eigenvalue weighted by atomic mass is 19.1. The molecule has 2 amide bonds. The second-order valence-corrected chi connectivity index (χ2v) is 5.64. The molecule has 1 unspecified atom stereocenters. The summed E-state index contributed by atoms with van der Waals surface area (Å²) in [5.41, 5.74) is 0.610. The molecule has 1 atom stereocenters. The number of benzene rings is 1. The zero-order valence-corrected chi connectivity index (χ0v) is 12.6. The van der Waals surface area contributed by atoms with Crippen LogP contribution in [0.15, 0.2) is 18.2 Å². The fourth-order valence-electron chi connectivity index (χ4n) is 2.63. The molecule has 5 nitrogen and oxygen atoms in total. The first-order valence-corrected chi connectivity index (χ1v) is 7.40. The van der Waals surface area contributed by atoms with Crippen molar-refractivity contribution >= 4 is 6.03 Å². The molecule has 0 bridgehead atoms. The predicted molar refractivity (Wildman–Crippen MR) is 79.3 cm³/mol. The number of rotatable bonds is 3. The molecule has 22 heavy (non-hydrogen) atoms. The van der Waals surface area contributed by atoms with Crippen molar-refractivity contribution in [2.75, 3.05) is 13.1 Å². The standard InChI is InChI=1S/C16H20FN3O2/c1-11(21)13-4-6-20(7-5-13)16(22)19-10-14-3-2-12(9-18)8-15(14)17/h2-3,8,11,13,21H,4-7,10H2,1H3,(H,19,22). The van der Waals surface area contributed by atoms with Crippen molar-refractivity contribution in [1.82, 2.24) is 10.2 Å². The van der Waals surface area contributed by atoms with E-state index in [1.807, 2.05) is 6.07 Å². The van der Waals surface area contributed by atoms with Crippen molar-refractivity contribution in [3.05, 3.63) is 35.1 Å². The SMILES string of the molecule is CC(O)C1CCN(C(=O)NCc2ccc(C#N)cc2F)CC1. The largest absolute Gasteiger partial charge is 0.393 e. The number of piperidine rings is 1. The van der Waals surface area contributed by atoms with Crippen molar-refractivity contribution in [2.45, 2.75) is 32.4 Å². The molecule has 1 fully saturated rings. The number of urea groups is 1. The Hall–Kier alpha value is -2.13. The summed E-state index contributed by atoms with van der Waals surface area (Å²) < 4.78 is 13.7. The van der Waals surface area contributed by atoms with Crippen LogP contribution in [0.1, 0.15) is 30.9 Å². The van der Waals surface area contributed by atoms with Gasteiger partial charge in [0.15, 0.2) is 0 Å². The maximum Gasteiger partial charge on any atom is 0.317 e. The van der Waals surface area contributed by atoms with Crippen LogP contribution < -0.4 is 5.32 Å². The van der Waals surface area contributed by atoms with Gasteiger partial charge in [-0.05, 0) is 37.8 Å². The Bertz CT molecular complexity index is 575. The maximum absolute atomic E-state index is 13.7. The highest BCUT2D eigenvalue weighted by Crippen LogP contribution is 2.20. The predicted octanol–water partition coefficient (Wildman–Crippen LogP) is 2.00. The van der Waals surface area contributed by atoms with Gasteiger partial charge >= 0.3 is 6.03 Å². The molecule has 1 aromatic carbocycles. The Morgan fingerprint density at radius 1 is 1.55 bits per heavy atom. The van der Waals surface area contributed by atoms with Crippen molar-refractivity contribution in [3.63, 3.8) is 0 Å². The van der Waals surface area contributed by atoms with Gasteiger partial charge in [-0.2, -0.15) is 5.26 Å². The molecule has 1 aliphatic rings. The molecule has 1 aliphatic heterocycles. The number of likely N-dealkylation sites (tertiary alicyclic amines) is 1. The molecule has 1 saturated heterocycles. The van der Waals surface area contributed by atoms with E-state index in [1.165, 1.54) is 12.1 Å². The van der Waals surface area contributed by atoms with Gasteiger partial charge in [0.2, 0.25) is 0 Å². The van der Waals surface area contributed by atoms with E-state index in [0.29, 0.717) is 18.7 Å². The highest BCUT2D eigenvalue weighted by molar-refractivity contribution is 5.74. The number of aliphatic hydroxyl groups is 1. The number of nitrogens with one attached hydrogen (secondary N) is 1. The van der Waals surface area contributed by atoms with Crippen LogP contribution in [-0.4, -0.2) is 35.2 Å². The van der Waals surface area contributed by atoms with E-state index in [0.717, 1.165) is 18.9 Å². The number of amides is 2. The van der Waals surface area contributed by atoms with Crippen LogP contribution in [0.4, 0.5) is 9.18 Å². The summed E-state index contributed by atoms with van der Waals surface area (Å²) in [7, 11) is 0. The van der Waals surface area contributed by atoms with E-state index >= 15 is 0 Å². The van der Waals surface area contributed by atoms with Crippen LogP contribution in [0, 0.1) is 23.1 Å². The highest BCUT2D eigenvalue weighted by Gasteiger charge is 2.25. The fourth-order valence-corrected chi connectivity index (χ4v) is 2.63. The molecular weight excluding hydrogens is 285 g/mol. The number of hydrogen-bond donors (Lipinski definition) is 2. The lowest BCUT2D eigenvalue weighted by atomic mass is 9.92. The summed E-state index contributed by atoms with van der Waals surface area (Å²) in [6.07, 6.45) is 1.20. The van der Waals surface area contributed by atoms with E-state index in [1.54, 1.807) is 11.8 Å². The minimum absolute atomic E-state index is 0.0900. The lowest BCUT2D eigenvalue weighted by Gasteiger charge is -2.33. The minimum atomic E-state index is -0.493. The molecule has 1 aromatic rings. The van der Waals surface area contributed by atoms with Gasteiger partial charge in [0.25, 0.3) is 0 Å². The molecule has 0 spiro atoms. The Kier molecular flexibility index (Phi) is 5.34. The van der Waals surface area contributed by atoms with Crippen molar-refractivity contribution in [1.29, 1.82) is 5.26 Å². The number of nitriles is 1. The van der Waals surface area contributed by atoms with Crippen molar-refractivity contribution in [2.24, 2.45) is 5.92 Å². The smallest absolute Gasteiger partial charge is 0.317 e. The van der Waals surface area contributed by atoms with Gasteiger partial charge in [-0.25, -0.2) is 9.18 Å². The average Bonchev–Trinajstić information content (AvgIpc) is 2.53. The van der Waals surface area contributed by atoms with Crippen LogP contribution >= 0.6 is 0 Å². The Balaban J connectivity index is 1.85. The van der Waals surface area contributed by atoms with Crippen LogP contribution in [-0.2, 0) is 6.54 Å². The lowest BCUT2D eigenvalue weighted by molar-refractivity contribution is 0.0798. The van der Waals surface area contributed by atoms with Crippen LogP contribution in [0.3, 0.4) is 0 Å². The zero-order chi connectivity index (χ0) is 16.1. The Morgan fingerprint density at radius 3 is 2.77 bits per heavy atom. The van der Waals surface area contributed by atoms with Crippen LogP contribution in [0.2, 0.25) is 0 Å². The molecule has 118 valence electrons. The number of aliphatic hydroxyl groups excluding tert-OH is 1. The normalized spacial score (nSPS) is 16.9. The summed E-state index contributed by atoms with van der Waals surface area (Å²) in [5.74, 6) is -0.257. The van der Waals surface area contributed by atoms with Gasteiger partial charge in [0.1, 0.15) is 5.82 Å². The monoisotopic (exact) mass is 305 g/mol. The fraction of sp³-hybridized carbons (Fsp3) is 0.500. The molecule has 2 N–H and O–H groups in total. The first-order valence-electron chi connectivity index (χ1n) is 7.40. The van der Waals surface area contributed by atoms with Crippen LogP contribution in [0.25, 0.3) is 0 Å². The summed E-state index contributed by atoms with van der Waals surface area (Å²) in [4.78, 5) is 13.7. The molecule has 0 aromatic heterocycles. The van der Waals surface area contributed by atoms with Gasteiger partial charge in [-0.15, -0.1) is 0 Å². The molecule has 0 saturated carbocycles. The third-order valence-corrected chi connectivity index (χ3v) is 4.12. The van der Waals surface area contributed by atoms with Gasteiger partial charge in [-0.1, -0.05) is 6.07 Å². The van der Waals surface area contributed by atoms with E-state index in [4.69, 9.17) is 5.26 Å². The molecule has 0 aliphatic carbocycles. The topological polar surface area (TPSA) is 76.4 Å². The van der Waals surface area contributed by atoms with Crippen molar-refractivity contribution in [3.8, 4) is 6.07 Å². The molecule has 1 heterocycles. The van der Waals surface area contributed by atoms with E-state index in [-0.39, 0.29) is 30.2 Å².